The normalized spacial score (nSPS) is 21.1. The number of urea groups is 1. The van der Waals surface area contributed by atoms with Crippen LogP contribution in [0.2, 0.25) is 0 Å². The summed E-state index contributed by atoms with van der Waals surface area (Å²) in [6, 6.07) is 14.4. The van der Waals surface area contributed by atoms with Gasteiger partial charge in [-0.1, -0.05) is 0 Å². The highest BCUT2D eigenvalue weighted by Crippen LogP contribution is 2.29. The number of ether oxygens (including phenoxy) is 2. The number of hydrogen-bond donors (Lipinski definition) is 3. The minimum atomic E-state index is -0.377. The summed E-state index contributed by atoms with van der Waals surface area (Å²) >= 11 is 0. The minimum Gasteiger partial charge on any atom is -0.381 e. The van der Waals surface area contributed by atoms with Crippen LogP contribution in [0.15, 0.2) is 48.5 Å². The van der Waals surface area contributed by atoms with E-state index in [0.717, 1.165) is 43.9 Å². The number of nitrogens with one attached hydrogen (secondary N) is 3. The number of carbonyl (C=O) groups is 2. The van der Waals surface area contributed by atoms with E-state index in [-0.39, 0.29) is 29.9 Å². The molecule has 0 radical (unpaired) electrons. The summed E-state index contributed by atoms with van der Waals surface area (Å²) in [6.07, 6.45) is 1.77. The molecule has 3 fully saturated rings. The van der Waals surface area contributed by atoms with Gasteiger partial charge in [-0.15, -0.1) is 0 Å². The van der Waals surface area contributed by atoms with Crippen LogP contribution < -0.4 is 20.9 Å². The molecule has 2 aromatic carbocycles. The van der Waals surface area contributed by atoms with Crippen LogP contribution in [-0.4, -0.2) is 96.5 Å². The molecule has 44 heavy (non-hydrogen) atoms. The van der Waals surface area contributed by atoms with Crippen LogP contribution in [0.25, 0.3) is 11.4 Å². The fourth-order valence-electron chi connectivity index (χ4n) is 5.80. The van der Waals surface area contributed by atoms with Gasteiger partial charge in [-0.25, -0.2) is 9.78 Å². The van der Waals surface area contributed by atoms with Crippen molar-refractivity contribution in [3.63, 3.8) is 0 Å². The molecule has 2 unspecified atom stereocenters. The Hall–Kier alpha value is -4.13. The van der Waals surface area contributed by atoms with Gasteiger partial charge in [0.25, 0.3) is 5.91 Å². The maximum atomic E-state index is 12.9. The Bertz CT molecular complexity index is 1450. The lowest BCUT2D eigenvalue weighted by molar-refractivity contribution is 0.0655. The smallest absolute Gasteiger partial charge is 0.323 e. The summed E-state index contributed by atoms with van der Waals surface area (Å²) in [5, 5.41) is 9.01. The number of piperazine rings is 1. The molecule has 6 rings (SSSR count). The SMILES string of the molecule is CC1CNCCN1C(=O)c1ccc(NC(=O)Nc2ccc(-c3nc(C4CCOCC4)nc(N4CCOCC4C)n3)cc2)cc1. The first-order valence-corrected chi connectivity index (χ1v) is 15.4. The Morgan fingerprint density at radius 3 is 2.23 bits per heavy atom. The van der Waals surface area contributed by atoms with Crippen LogP contribution in [0.1, 0.15) is 48.8 Å². The lowest BCUT2D eigenvalue weighted by atomic mass is 9.99. The molecule has 3 aliphatic heterocycles. The van der Waals surface area contributed by atoms with E-state index >= 15 is 0 Å². The van der Waals surface area contributed by atoms with E-state index in [4.69, 9.17) is 24.4 Å². The van der Waals surface area contributed by atoms with Crippen LogP contribution in [-0.2, 0) is 9.47 Å². The van der Waals surface area contributed by atoms with Gasteiger partial charge in [-0.05, 0) is 75.2 Å². The zero-order chi connectivity index (χ0) is 30.5. The molecule has 1 aromatic heterocycles. The molecular weight excluding hydrogens is 560 g/mol. The first kappa shape index (κ1) is 29.9. The molecule has 0 spiro atoms. The van der Waals surface area contributed by atoms with E-state index in [1.807, 2.05) is 36.1 Å². The highest BCUT2D eigenvalue weighted by molar-refractivity contribution is 6.00. The summed E-state index contributed by atoms with van der Waals surface area (Å²) in [4.78, 5) is 44.4. The molecule has 12 nitrogen and oxygen atoms in total. The van der Waals surface area contributed by atoms with Gasteiger partial charge in [0.05, 0.1) is 19.3 Å². The van der Waals surface area contributed by atoms with Gasteiger partial charge in [0.15, 0.2) is 5.82 Å². The van der Waals surface area contributed by atoms with Gasteiger partial charge in [0.1, 0.15) is 5.82 Å². The number of anilines is 3. The Morgan fingerprint density at radius 1 is 0.841 bits per heavy atom. The summed E-state index contributed by atoms with van der Waals surface area (Å²) < 4.78 is 11.2. The van der Waals surface area contributed by atoms with Crippen LogP contribution in [0.5, 0.6) is 0 Å². The Morgan fingerprint density at radius 2 is 1.55 bits per heavy atom. The van der Waals surface area contributed by atoms with E-state index in [9.17, 15) is 9.59 Å². The second kappa shape index (κ2) is 13.7. The van der Waals surface area contributed by atoms with Crippen LogP contribution >= 0.6 is 0 Å². The highest BCUT2D eigenvalue weighted by Gasteiger charge is 2.27. The molecule has 3 aromatic rings. The average molecular weight is 601 g/mol. The number of aromatic nitrogens is 3. The van der Waals surface area contributed by atoms with Crippen molar-refractivity contribution >= 4 is 29.3 Å². The van der Waals surface area contributed by atoms with Gasteiger partial charge in [-0.2, -0.15) is 9.97 Å². The summed E-state index contributed by atoms with van der Waals surface area (Å²) in [6.45, 7) is 9.81. The number of benzene rings is 2. The zero-order valence-corrected chi connectivity index (χ0v) is 25.3. The molecule has 232 valence electrons. The standard InChI is InChI=1S/C32H40N8O4/c1-21-19-33-13-14-39(21)30(41)25-5-9-27(10-6-25)35-32(42)34-26-7-3-23(4-8-26)28-36-29(24-11-16-43-17-12-24)38-31(37-28)40-15-18-44-20-22(40)2/h3-10,21-22,24,33H,11-20H2,1-2H3,(H2,34,35,42). The van der Waals surface area contributed by atoms with Crippen molar-refractivity contribution in [2.24, 2.45) is 0 Å². The summed E-state index contributed by atoms with van der Waals surface area (Å²) in [5.41, 5.74) is 2.67. The van der Waals surface area contributed by atoms with Crippen LogP contribution in [0, 0.1) is 0 Å². The molecule has 3 N–H and O–H groups in total. The van der Waals surface area contributed by atoms with Crippen molar-refractivity contribution in [3.8, 4) is 11.4 Å². The van der Waals surface area contributed by atoms with Crippen LogP contribution in [0.4, 0.5) is 22.1 Å². The fourth-order valence-corrected chi connectivity index (χ4v) is 5.80. The second-order valence-electron chi connectivity index (χ2n) is 11.6. The number of carbonyl (C=O) groups excluding carboxylic acids is 2. The average Bonchev–Trinajstić information content (AvgIpc) is 3.06. The fraction of sp³-hybridized carbons (Fsp3) is 0.469. The first-order chi connectivity index (χ1) is 21.4. The van der Waals surface area contributed by atoms with E-state index in [2.05, 4.69) is 27.8 Å². The van der Waals surface area contributed by atoms with Gasteiger partial charge >= 0.3 is 6.03 Å². The first-order valence-electron chi connectivity index (χ1n) is 15.4. The lowest BCUT2D eigenvalue weighted by Crippen LogP contribution is -2.52. The van der Waals surface area contributed by atoms with E-state index in [0.29, 0.717) is 61.7 Å². The van der Waals surface area contributed by atoms with E-state index in [1.54, 1.807) is 24.3 Å². The number of hydrogen-bond acceptors (Lipinski definition) is 9. The third-order valence-electron chi connectivity index (χ3n) is 8.40. The molecule has 3 amide bonds. The van der Waals surface area contributed by atoms with Gasteiger partial charge in [0.2, 0.25) is 5.95 Å². The monoisotopic (exact) mass is 600 g/mol. The second-order valence-corrected chi connectivity index (χ2v) is 11.6. The van der Waals surface area contributed by atoms with E-state index < -0.39 is 0 Å². The predicted octanol–water partition coefficient (Wildman–Crippen LogP) is 3.74. The van der Waals surface area contributed by atoms with Gasteiger partial charge in [0, 0.05) is 73.9 Å². The molecule has 0 aliphatic carbocycles. The molecule has 2 atom stereocenters. The van der Waals surface area contributed by atoms with Gasteiger partial charge < -0.3 is 35.2 Å². The lowest BCUT2D eigenvalue weighted by Gasteiger charge is -2.34. The van der Waals surface area contributed by atoms with Crippen molar-refractivity contribution < 1.29 is 19.1 Å². The van der Waals surface area contributed by atoms with Crippen molar-refractivity contribution in [2.75, 3.05) is 68.1 Å². The topological polar surface area (TPSA) is 134 Å². The largest absolute Gasteiger partial charge is 0.381 e. The molecule has 3 saturated heterocycles. The Labute approximate surface area is 257 Å². The molecular formula is C32H40N8O4. The Balaban J connectivity index is 1.12. The summed E-state index contributed by atoms with van der Waals surface area (Å²) in [5.74, 6) is 2.30. The number of amides is 3. The molecule has 12 heteroatoms. The van der Waals surface area contributed by atoms with Crippen molar-refractivity contribution in [1.82, 2.24) is 25.2 Å². The molecule has 0 saturated carbocycles. The molecule has 4 heterocycles. The number of morpholine rings is 1. The van der Waals surface area contributed by atoms with Crippen molar-refractivity contribution in [3.05, 3.63) is 59.9 Å². The highest BCUT2D eigenvalue weighted by atomic mass is 16.5. The third kappa shape index (κ3) is 6.98. The molecule has 3 aliphatic rings. The maximum Gasteiger partial charge on any atom is 0.323 e. The maximum absolute atomic E-state index is 12.9. The predicted molar refractivity (Wildman–Crippen MR) is 168 cm³/mol. The zero-order valence-electron chi connectivity index (χ0n) is 25.3. The minimum absolute atomic E-state index is 0.000256. The Kier molecular flexibility index (Phi) is 9.29. The van der Waals surface area contributed by atoms with E-state index in [1.165, 1.54) is 0 Å². The summed E-state index contributed by atoms with van der Waals surface area (Å²) in [7, 11) is 0. The molecule has 0 bridgehead atoms. The third-order valence-corrected chi connectivity index (χ3v) is 8.40. The quantitative estimate of drug-likeness (QED) is 0.387. The van der Waals surface area contributed by atoms with Crippen molar-refractivity contribution in [1.29, 1.82) is 0 Å². The number of rotatable bonds is 6. The van der Waals surface area contributed by atoms with Crippen LogP contribution in [0.3, 0.4) is 0 Å². The van der Waals surface area contributed by atoms with Crippen molar-refractivity contribution in [2.45, 2.75) is 44.7 Å². The van der Waals surface area contributed by atoms with Gasteiger partial charge in [-0.3, -0.25) is 4.79 Å². The number of nitrogens with zero attached hydrogens (tertiary/aromatic N) is 5.